The molecular formula is C18H19ClN2. The predicted molar refractivity (Wildman–Crippen MR) is 87.7 cm³/mol. The summed E-state index contributed by atoms with van der Waals surface area (Å²) in [5.74, 6) is 0.592. The zero-order chi connectivity index (χ0) is 14.2. The molecule has 2 aromatic rings. The van der Waals surface area contributed by atoms with E-state index in [4.69, 9.17) is 11.6 Å². The van der Waals surface area contributed by atoms with Gasteiger partial charge in [-0.2, -0.15) is 0 Å². The maximum absolute atomic E-state index is 6.04. The van der Waals surface area contributed by atoms with Crippen LogP contribution in [-0.2, 0) is 0 Å². The lowest BCUT2D eigenvalue weighted by Gasteiger charge is -2.44. The van der Waals surface area contributed by atoms with Gasteiger partial charge >= 0.3 is 0 Å². The molecule has 2 aromatic carbocycles. The van der Waals surface area contributed by atoms with Crippen molar-refractivity contribution in [3.63, 3.8) is 0 Å². The van der Waals surface area contributed by atoms with E-state index in [1.54, 1.807) is 0 Å². The van der Waals surface area contributed by atoms with E-state index in [9.17, 15) is 0 Å². The zero-order valence-corrected chi connectivity index (χ0v) is 12.6. The second-order valence-electron chi connectivity index (χ2n) is 6.00. The van der Waals surface area contributed by atoms with Crippen molar-refractivity contribution >= 4 is 17.3 Å². The van der Waals surface area contributed by atoms with Crippen LogP contribution in [0.1, 0.15) is 36.1 Å². The number of benzene rings is 2. The van der Waals surface area contributed by atoms with Gasteiger partial charge in [-0.15, -0.1) is 0 Å². The first kappa shape index (κ1) is 13.2. The Morgan fingerprint density at radius 1 is 0.952 bits per heavy atom. The third-order valence-corrected chi connectivity index (χ3v) is 5.02. The highest BCUT2D eigenvalue weighted by molar-refractivity contribution is 6.30. The van der Waals surface area contributed by atoms with E-state index >= 15 is 0 Å². The fourth-order valence-corrected chi connectivity index (χ4v) is 3.91. The van der Waals surface area contributed by atoms with Gasteiger partial charge in [0, 0.05) is 22.7 Å². The Kier molecular flexibility index (Phi) is 3.36. The molecule has 0 radical (unpaired) electrons. The third kappa shape index (κ3) is 2.33. The predicted octanol–water partition coefficient (Wildman–Crippen LogP) is 4.55. The van der Waals surface area contributed by atoms with Crippen LogP contribution in [0.2, 0.25) is 5.02 Å². The molecule has 0 spiro atoms. The molecule has 0 amide bonds. The summed E-state index contributed by atoms with van der Waals surface area (Å²) in [6.45, 7) is 1.11. The van der Waals surface area contributed by atoms with Gasteiger partial charge in [-0.05, 0) is 48.7 Å². The lowest BCUT2D eigenvalue weighted by Crippen LogP contribution is -2.42. The van der Waals surface area contributed by atoms with Crippen molar-refractivity contribution in [2.75, 3.05) is 11.9 Å². The molecule has 0 aliphatic carbocycles. The normalized spacial score (nSPS) is 27.4. The molecule has 1 saturated heterocycles. The van der Waals surface area contributed by atoms with Gasteiger partial charge in [0.25, 0.3) is 0 Å². The Morgan fingerprint density at radius 2 is 1.76 bits per heavy atom. The van der Waals surface area contributed by atoms with Gasteiger partial charge in [-0.25, -0.2) is 0 Å². The number of halogens is 1. The summed E-state index contributed by atoms with van der Waals surface area (Å²) < 4.78 is 0. The number of piperidine rings is 1. The maximum Gasteiger partial charge on any atom is 0.0560 e. The molecule has 3 unspecified atom stereocenters. The summed E-state index contributed by atoms with van der Waals surface area (Å²) in [5.41, 5.74) is 3.99. The van der Waals surface area contributed by atoms with Crippen molar-refractivity contribution in [3.05, 3.63) is 64.7 Å². The highest BCUT2D eigenvalue weighted by Crippen LogP contribution is 2.46. The van der Waals surface area contributed by atoms with Crippen LogP contribution in [0.5, 0.6) is 0 Å². The molecule has 0 bridgehead atoms. The summed E-state index contributed by atoms with van der Waals surface area (Å²) >= 11 is 6.04. The van der Waals surface area contributed by atoms with Crippen molar-refractivity contribution in [2.24, 2.45) is 5.92 Å². The molecule has 2 N–H and O–H groups in total. The zero-order valence-electron chi connectivity index (χ0n) is 11.9. The van der Waals surface area contributed by atoms with Gasteiger partial charge in [0.05, 0.1) is 6.04 Å². The molecule has 2 nitrogen and oxygen atoms in total. The van der Waals surface area contributed by atoms with E-state index < -0.39 is 0 Å². The van der Waals surface area contributed by atoms with Gasteiger partial charge < -0.3 is 10.6 Å². The van der Waals surface area contributed by atoms with Crippen molar-refractivity contribution in [1.29, 1.82) is 0 Å². The van der Waals surface area contributed by atoms with Crippen LogP contribution in [0.4, 0.5) is 5.69 Å². The molecule has 108 valence electrons. The van der Waals surface area contributed by atoms with E-state index in [1.165, 1.54) is 29.7 Å². The quantitative estimate of drug-likeness (QED) is 0.807. The van der Waals surface area contributed by atoms with E-state index in [0.29, 0.717) is 18.0 Å². The fourth-order valence-electron chi connectivity index (χ4n) is 3.79. The van der Waals surface area contributed by atoms with Crippen LogP contribution < -0.4 is 10.6 Å². The van der Waals surface area contributed by atoms with E-state index in [1.807, 2.05) is 12.1 Å². The highest BCUT2D eigenvalue weighted by Gasteiger charge is 2.38. The van der Waals surface area contributed by atoms with Crippen LogP contribution in [0, 0.1) is 5.92 Å². The third-order valence-electron chi connectivity index (χ3n) is 4.77. The Balaban J connectivity index is 1.76. The summed E-state index contributed by atoms with van der Waals surface area (Å²) in [7, 11) is 0. The molecule has 0 saturated carbocycles. The van der Waals surface area contributed by atoms with Crippen LogP contribution >= 0.6 is 11.6 Å². The average Bonchev–Trinajstić information content (AvgIpc) is 2.55. The van der Waals surface area contributed by atoms with Gasteiger partial charge in [-0.3, -0.25) is 0 Å². The average molecular weight is 299 g/mol. The van der Waals surface area contributed by atoms with Gasteiger partial charge in [-0.1, -0.05) is 41.9 Å². The summed E-state index contributed by atoms with van der Waals surface area (Å²) in [4.78, 5) is 0. The molecular weight excluding hydrogens is 280 g/mol. The number of fused-ring (bicyclic) bond motifs is 3. The van der Waals surface area contributed by atoms with Crippen LogP contribution in [0.15, 0.2) is 48.5 Å². The van der Waals surface area contributed by atoms with Crippen LogP contribution in [0.3, 0.4) is 0 Å². The number of hydrogen-bond acceptors (Lipinski definition) is 2. The lowest BCUT2D eigenvalue weighted by atomic mass is 9.75. The SMILES string of the molecule is Clc1ccc(C2Nc3ccccc3C3NCCCC23)cc1. The molecule has 2 aliphatic rings. The molecule has 3 heteroatoms. The first-order valence-electron chi connectivity index (χ1n) is 7.67. The first-order valence-corrected chi connectivity index (χ1v) is 8.05. The largest absolute Gasteiger partial charge is 0.378 e. The second-order valence-corrected chi connectivity index (χ2v) is 6.44. The number of nitrogens with one attached hydrogen (secondary N) is 2. The molecule has 2 heterocycles. The Bertz CT molecular complexity index is 638. The maximum atomic E-state index is 6.04. The first-order chi connectivity index (χ1) is 10.3. The molecule has 2 aliphatic heterocycles. The monoisotopic (exact) mass is 298 g/mol. The second kappa shape index (κ2) is 5.36. The Hall–Kier alpha value is -1.51. The highest BCUT2D eigenvalue weighted by atomic mass is 35.5. The minimum Gasteiger partial charge on any atom is -0.378 e. The summed E-state index contributed by atoms with van der Waals surface area (Å²) in [6.07, 6.45) is 2.50. The van der Waals surface area contributed by atoms with E-state index in [-0.39, 0.29) is 0 Å². The van der Waals surface area contributed by atoms with E-state index in [2.05, 4.69) is 47.0 Å². The summed E-state index contributed by atoms with van der Waals surface area (Å²) in [6, 6.07) is 17.8. The minimum atomic E-state index is 0.356. The fraction of sp³-hybridized carbons (Fsp3) is 0.333. The van der Waals surface area contributed by atoms with Crippen molar-refractivity contribution < 1.29 is 0 Å². The van der Waals surface area contributed by atoms with E-state index in [0.717, 1.165) is 11.6 Å². The minimum absolute atomic E-state index is 0.356. The van der Waals surface area contributed by atoms with Crippen molar-refractivity contribution in [3.8, 4) is 0 Å². The molecule has 21 heavy (non-hydrogen) atoms. The van der Waals surface area contributed by atoms with Gasteiger partial charge in [0.15, 0.2) is 0 Å². The van der Waals surface area contributed by atoms with Crippen molar-refractivity contribution in [1.82, 2.24) is 5.32 Å². The molecule has 4 rings (SSSR count). The molecule has 3 atom stereocenters. The Labute approximate surface area is 130 Å². The Morgan fingerprint density at radius 3 is 2.62 bits per heavy atom. The number of para-hydroxylation sites is 1. The number of anilines is 1. The van der Waals surface area contributed by atoms with Gasteiger partial charge in [0.1, 0.15) is 0 Å². The van der Waals surface area contributed by atoms with Crippen LogP contribution in [0.25, 0.3) is 0 Å². The number of rotatable bonds is 1. The topological polar surface area (TPSA) is 24.1 Å². The standard InChI is InChI=1S/C18H19ClN2/c19-13-9-7-12(8-10-13)17-15-5-3-11-20-18(15)14-4-1-2-6-16(14)21-17/h1-2,4,6-10,15,17-18,20-21H,3,5,11H2. The number of hydrogen-bond donors (Lipinski definition) is 2. The molecule has 0 aromatic heterocycles. The molecule has 1 fully saturated rings. The van der Waals surface area contributed by atoms with Crippen molar-refractivity contribution in [2.45, 2.75) is 24.9 Å². The smallest absolute Gasteiger partial charge is 0.0560 e. The van der Waals surface area contributed by atoms with Gasteiger partial charge in [0.2, 0.25) is 0 Å². The lowest BCUT2D eigenvalue weighted by molar-refractivity contribution is 0.245. The summed E-state index contributed by atoms with van der Waals surface area (Å²) in [5, 5.41) is 8.27. The van der Waals surface area contributed by atoms with Crippen LogP contribution in [-0.4, -0.2) is 6.54 Å².